The first-order chi connectivity index (χ1) is 9.79. The second-order valence-corrected chi connectivity index (χ2v) is 8.10. The Kier molecular flexibility index (Phi) is 4.97. The topological polar surface area (TPSA) is 99.6 Å². The number of piperidine rings is 1. The fourth-order valence-electron chi connectivity index (χ4n) is 2.34. The molecule has 2 rings (SSSR count). The molecule has 0 aromatic carbocycles. The fraction of sp³-hybridized carbons (Fsp3) is 0.667. The predicted octanol–water partition coefficient (Wildman–Crippen LogP) is 1.22. The number of rotatable bonds is 5. The maximum atomic E-state index is 12.2. The van der Waals surface area contributed by atoms with E-state index in [2.05, 4.69) is 9.71 Å². The minimum atomic E-state index is -3.54. The summed E-state index contributed by atoms with van der Waals surface area (Å²) in [5.41, 5.74) is 0.410. The third-order valence-electron chi connectivity index (χ3n) is 3.40. The summed E-state index contributed by atoms with van der Waals surface area (Å²) in [6, 6.07) is 0. The zero-order chi connectivity index (χ0) is 15.6. The SMILES string of the molecule is Cc1nc(CNS(=O)(=O)N2CCCC(C)C2)sc1C(=O)O. The lowest BCUT2D eigenvalue weighted by atomic mass is 10.0. The first-order valence-corrected chi connectivity index (χ1v) is 8.99. The molecule has 0 radical (unpaired) electrons. The Morgan fingerprint density at radius 1 is 1.57 bits per heavy atom. The summed E-state index contributed by atoms with van der Waals surface area (Å²) < 4.78 is 28.4. The van der Waals surface area contributed by atoms with Gasteiger partial charge in [0.15, 0.2) is 0 Å². The molecule has 0 aliphatic carbocycles. The van der Waals surface area contributed by atoms with Crippen LogP contribution in [0.1, 0.15) is 40.1 Å². The smallest absolute Gasteiger partial charge is 0.347 e. The maximum Gasteiger partial charge on any atom is 0.347 e. The molecule has 1 aliphatic heterocycles. The van der Waals surface area contributed by atoms with Crippen LogP contribution in [0, 0.1) is 12.8 Å². The molecule has 1 unspecified atom stereocenters. The molecule has 0 saturated carbocycles. The van der Waals surface area contributed by atoms with Crippen LogP contribution in [0.25, 0.3) is 0 Å². The average molecular weight is 333 g/mol. The molecule has 0 spiro atoms. The number of aryl methyl sites for hydroxylation is 1. The molecule has 2 heterocycles. The second-order valence-electron chi connectivity index (χ2n) is 5.26. The molecule has 21 heavy (non-hydrogen) atoms. The van der Waals surface area contributed by atoms with Crippen LogP contribution in [-0.4, -0.2) is 41.9 Å². The minimum Gasteiger partial charge on any atom is -0.477 e. The molecule has 1 aromatic rings. The summed E-state index contributed by atoms with van der Waals surface area (Å²) in [5.74, 6) is -0.681. The zero-order valence-corrected chi connectivity index (χ0v) is 13.6. The van der Waals surface area contributed by atoms with E-state index in [1.54, 1.807) is 6.92 Å². The van der Waals surface area contributed by atoms with Gasteiger partial charge in [0.1, 0.15) is 9.88 Å². The molecule has 1 aliphatic rings. The van der Waals surface area contributed by atoms with Crippen molar-refractivity contribution in [1.29, 1.82) is 0 Å². The van der Waals surface area contributed by atoms with Crippen LogP contribution in [-0.2, 0) is 16.8 Å². The molecule has 1 aromatic heterocycles. The molecule has 118 valence electrons. The van der Waals surface area contributed by atoms with Gasteiger partial charge in [-0.3, -0.25) is 0 Å². The third-order valence-corrected chi connectivity index (χ3v) is 6.07. The van der Waals surface area contributed by atoms with Crippen molar-refractivity contribution in [1.82, 2.24) is 14.0 Å². The molecule has 9 heteroatoms. The molecule has 1 fully saturated rings. The van der Waals surface area contributed by atoms with Crippen LogP contribution in [0.5, 0.6) is 0 Å². The van der Waals surface area contributed by atoms with E-state index in [4.69, 9.17) is 5.11 Å². The van der Waals surface area contributed by atoms with Gasteiger partial charge < -0.3 is 5.11 Å². The molecular weight excluding hydrogens is 314 g/mol. The molecule has 0 amide bonds. The lowest BCUT2D eigenvalue weighted by Gasteiger charge is -2.29. The van der Waals surface area contributed by atoms with Crippen molar-refractivity contribution >= 4 is 27.5 Å². The Hall–Kier alpha value is -1.03. The zero-order valence-electron chi connectivity index (χ0n) is 12.0. The summed E-state index contributed by atoms with van der Waals surface area (Å²) in [4.78, 5) is 15.2. The highest BCUT2D eigenvalue weighted by molar-refractivity contribution is 7.87. The van der Waals surface area contributed by atoms with Gasteiger partial charge in [0, 0.05) is 13.1 Å². The van der Waals surface area contributed by atoms with Crippen LogP contribution in [0.2, 0.25) is 0 Å². The minimum absolute atomic E-state index is 0.0198. The number of thiazole rings is 1. The number of aromatic carboxylic acids is 1. The van der Waals surface area contributed by atoms with Crippen molar-refractivity contribution in [3.8, 4) is 0 Å². The summed E-state index contributed by atoms with van der Waals surface area (Å²) in [7, 11) is -3.54. The van der Waals surface area contributed by atoms with Crippen LogP contribution in [0.4, 0.5) is 0 Å². The lowest BCUT2D eigenvalue weighted by molar-refractivity contribution is 0.0701. The number of nitrogens with one attached hydrogen (secondary N) is 1. The highest BCUT2D eigenvalue weighted by Crippen LogP contribution is 2.20. The van der Waals surface area contributed by atoms with E-state index in [-0.39, 0.29) is 11.4 Å². The lowest BCUT2D eigenvalue weighted by Crippen LogP contribution is -2.45. The predicted molar refractivity (Wildman–Crippen MR) is 79.5 cm³/mol. The third kappa shape index (κ3) is 4.00. The summed E-state index contributed by atoms with van der Waals surface area (Å²) in [5, 5.41) is 9.42. The summed E-state index contributed by atoms with van der Waals surface area (Å²) in [6.45, 7) is 4.70. The second kappa shape index (κ2) is 6.39. The highest BCUT2D eigenvalue weighted by atomic mass is 32.2. The normalized spacial score (nSPS) is 20.6. The van der Waals surface area contributed by atoms with E-state index >= 15 is 0 Å². The van der Waals surface area contributed by atoms with Gasteiger partial charge in [-0.05, 0) is 25.7 Å². The molecule has 1 atom stereocenters. The quantitative estimate of drug-likeness (QED) is 0.844. The van der Waals surface area contributed by atoms with Crippen LogP contribution in [0.15, 0.2) is 0 Å². The Balaban J connectivity index is 2.01. The van der Waals surface area contributed by atoms with Crippen molar-refractivity contribution < 1.29 is 18.3 Å². The Morgan fingerprint density at radius 2 is 2.29 bits per heavy atom. The van der Waals surface area contributed by atoms with Crippen molar-refractivity contribution in [2.45, 2.75) is 33.2 Å². The van der Waals surface area contributed by atoms with E-state index in [1.807, 2.05) is 6.92 Å². The van der Waals surface area contributed by atoms with Gasteiger partial charge in [0.2, 0.25) is 0 Å². The van der Waals surface area contributed by atoms with E-state index in [1.165, 1.54) is 4.31 Å². The van der Waals surface area contributed by atoms with Crippen LogP contribution < -0.4 is 4.72 Å². The van der Waals surface area contributed by atoms with Gasteiger partial charge in [-0.15, -0.1) is 11.3 Å². The molecule has 2 N–H and O–H groups in total. The van der Waals surface area contributed by atoms with Crippen molar-refractivity contribution in [3.63, 3.8) is 0 Å². The van der Waals surface area contributed by atoms with Crippen LogP contribution >= 0.6 is 11.3 Å². The number of nitrogens with zero attached hydrogens (tertiary/aromatic N) is 2. The number of carbonyl (C=O) groups is 1. The van der Waals surface area contributed by atoms with Gasteiger partial charge in [-0.25, -0.2) is 9.78 Å². The maximum absolute atomic E-state index is 12.2. The van der Waals surface area contributed by atoms with E-state index in [0.29, 0.717) is 29.7 Å². The average Bonchev–Trinajstić information content (AvgIpc) is 2.78. The Bertz CT molecular complexity index is 626. The fourth-order valence-corrected chi connectivity index (χ4v) is 4.59. The standard InChI is InChI=1S/C12H19N3O4S2/c1-8-4-3-5-15(7-8)21(18,19)13-6-10-14-9(2)11(20-10)12(16)17/h8,13H,3-7H2,1-2H3,(H,16,17). The monoisotopic (exact) mass is 333 g/mol. The number of carboxylic acid groups (broad SMARTS) is 1. The number of carboxylic acids is 1. The van der Waals surface area contributed by atoms with E-state index in [0.717, 1.165) is 24.2 Å². The number of hydrogen-bond donors (Lipinski definition) is 2. The Labute approximate surface area is 128 Å². The highest BCUT2D eigenvalue weighted by Gasteiger charge is 2.27. The van der Waals surface area contributed by atoms with Crippen molar-refractivity contribution in [2.24, 2.45) is 5.92 Å². The van der Waals surface area contributed by atoms with Gasteiger partial charge in [0.25, 0.3) is 10.2 Å². The van der Waals surface area contributed by atoms with Crippen molar-refractivity contribution in [3.05, 3.63) is 15.6 Å². The van der Waals surface area contributed by atoms with Crippen LogP contribution in [0.3, 0.4) is 0 Å². The largest absolute Gasteiger partial charge is 0.477 e. The first kappa shape index (κ1) is 16.3. The van der Waals surface area contributed by atoms with Crippen molar-refractivity contribution in [2.75, 3.05) is 13.1 Å². The Morgan fingerprint density at radius 3 is 2.86 bits per heavy atom. The number of aromatic nitrogens is 1. The number of hydrogen-bond acceptors (Lipinski definition) is 5. The summed E-state index contributed by atoms with van der Waals surface area (Å²) in [6.07, 6.45) is 1.90. The van der Waals surface area contributed by atoms with Gasteiger partial charge >= 0.3 is 5.97 Å². The van der Waals surface area contributed by atoms with Gasteiger partial charge in [-0.2, -0.15) is 17.4 Å². The first-order valence-electron chi connectivity index (χ1n) is 6.74. The summed E-state index contributed by atoms with van der Waals surface area (Å²) >= 11 is 0.999. The molecular formula is C12H19N3O4S2. The molecule has 0 bridgehead atoms. The molecule has 7 nitrogen and oxygen atoms in total. The van der Waals surface area contributed by atoms with Gasteiger partial charge in [-0.1, -0.05) is 6.92 Å². The van der Waals surface area contributed by atoms with E-state index in [9.17, 15) is 13.2 Å². The van der Waals surface area contributed by atoms with E-state index < -0.39 is 16.2 Å². The van der Waals surface area contributed by atoms with Gasteiger partial charge in [0.05, 0.1) is 12.2 Å². The molecule has 1 saturated heterocycles.